The first kappa shape index (κ1) is 9.86. The smallest absolute Gasteiger partial charge is 0.147 e. The van der Waals surface area contributed by atoms with Crippen molar-refractivity contribution in [1.29, 1.82) is 0 Å². The fourth-order valence-corrected chi connectivity index (χ4v) is 2.25. The molecule has 1 saturated carbocycles. The zero-order chi connectivity index (χ0) is 10.8. The Morgan fingerprint density at radius 1 is 1.25 bits per heavy atom. The molecule has 0 bridgehead atoms. The highest BCUT2D eigenvalue weighted by Crippen LogP contribution is 2.24. The molecule has 0 aromatic carbocycles. The van der Waals surface area contributed by atoms with Crippen LogP contribution in [0.2, 0.25) is 0 Å². The number of nitrogens with one attached hydrogen (secondary N) is 1. The first-order valence-corrected chi connectivity index (χ1v) is 6.19. The maximum atomic E-state index is 4.19. The van der Waals surface area contributed by atoms with E-state index < -0.39 is 0 Å². The molecule has 0 atom stereocenters. The molecule has 0 spiro atoms. The van der Waals surface area contributed by atoms with E-state index in [1.807, 2.05) is 12.1 Å². The molecule has 4 nitrogen and oxygen atoms in total. The van der Waals surface area contributed by atoms with Gasteiger partial charge in [0.05, 0.1) is 0 Å². The Hall–Kier alpha value is -1.33. The zero-order valence-corrected chi connectivity index (χ0v) is 9.57. The molecule has 1 N–H and O–H groups in total. The highest BCUT2D eigenvalue weighted by atomic mass is 32.1. The molecule has 1 fully saturated rings. The third-order valence-corrected chi connectivity index (χ3v) is 3.49. The van der Waals surface area contributed by atoms with Gasteiger partial charge in [0.1, 0.15) is 10.0 Å². The van der Waals surface area contributed by atoms with E-state index >= 15 is 0 Å². The minimum absolute atomic E-state index is 0.716. The molecule has 0 saturated heterocycles. The van der Waals surface area contributed by atoms with E-state index in [1.54, 1.807) is 23.7 Å². The van der Waals surface area contributed by atoms with E-state index in [4.69, 9.17) is 0 Å². The summed E-state index contributed by atoms with van der Waals surface area (Å²) in [5, 5.41) is 13.8. The molecule has 2 aromatic heterocycles. The van der Waals surface area contributed by atoms with E-state index in [-0.39, 0.29) is 0 Å². The van der Waals surface area contributed by atoms with E-state index in [0.717, 1.165) is 22.1 Å². The van der Waals surface area contributed by atoms with Crippen molar-refractivity contribution in [2.45, 2.75) is 25.4 Å². The molecule has 0 unspecified atom stereocenters. The van der Waals surface area contributed by atoms with Crippen molar-refractivity contribution in [2.75, 3.05) is 0 Å². The number of hydrogen-bond donors (Lipinski definition) is 1. The van der Waals surface area contributed by atoms with Crippen LogP contribution in [0, 0.1) is 0 Å². The zero-order valence-electron chi connectivity index (χ0n) is 8.76. The van der Waals surface area contributed by atoms with Gasteiger partial charge in [-0.3, -0.25) is 4.98 Å². The number of hydrogen-bond acceptors (Lipinski definition) is 5. The SMILES string of the molecule is c1cc(-c2nnc(CNC3CC3)s2)ccn1. The van der Waals surface area contributed by atoms with Gasteiger partial charge in [-0.1, -0.05) is 11.3 Å². The molecular weight excluding hydrogens is 220 g/mol. The Bertz CT molecular complexity index is 464. The van der Waals surface area contributed by atoms with E-state index in [2.05, 4.69) is 20.5 Å². The summed E-state index contributed by atoms with van der Waals surface area (Å²) < 4.78 is 0. The van der Waals surface area contributed by atoms with Gasteiger partial charge in [-0.15, -0.1) is 10.2 Å². The molecule has 5 heteroatoms. The summed E-state index contributed by atoms with van der Waals surface area (Å²) >= 11 is 1.64. The van der Waals surface area contributed by atoms with Crippen LogP contribution in [0.25, 0.3) is 10.6 Å². The lowest BCUT2D eigenvalue weighted by Gasteiger charge is -1.95. The first-order valence-electron chi connectivity index (χ1n) is 5.38. The molecule has 1 aliphatic rings. The number of rotatable bonds is 4. The Morgan fingerprint density at radius 3 is 2.81 bits per heavy atom. The highest BCUT2D eigenvalue weighted by molar-refractivity contribution is 7.14. The maximum Gasteiger partial charge on any atom is 0.147 e. The fourth-order valence-electron chi connectivity index (χ4n) is 1.46. The second-order valence-corrected chi connectivity index (χ2v) is 4.95. The number of aromatic nitrogens is 3. The Balaban J connectivity index is 1.71. The van der Waals surface area contributed by atoms with Crippen LogP contribution in [-0.4, -0.2) is 21.2 Å². The molecule has 1 aliphatic carbocycles. The Labute approximate surface area is 97.8 Å². The summed E-state index contributed by atoms with van der Waals surface area (Å²) in [5.74, 6) is 0. The summed E-state index contributed by atoms with van der Waals surface area (Å²) in [6.45, 7) is 0.841. The molecule has 0 amide bonds. The van der Waals surface area contributed by atoms with Crippen LogP contribution < -0.4 is 5.32 Å². The van der Waals surface area contributed by atoms with Gasteiger partial charge in [0, 0.05) is 30.5 Å². The van der Waals surface area contributed by atoms with Crippen LogP contribution in [0.1, 0.15) is 17.8 Å². The van der Waals surface area contributed by atoms with E-state index in [0.29, 0.717) is 6.04 Å². The average Bonchev–Trinajstić information content (AvgIpc) is 3.05. The Morgan fingerprint density at radius 2 is 2.06 bits per heavy atom. The molecule has 82 valence electrons. The van der Waals surface area contributed by atoms with Crippen molar-refractivity contribution in [3.63, 3.8) is 0 Å². The van der Waals surface area contributed by atoms with Gasteiger partial charge < -0.3 is 5.32 Å². The summed E-state index contributed by atoms with van der Waals surface area (Å²) in [4.78, 5) is 3.99. The van der Waals surface area contributed by atoms with Gasteiger partial charge in [0.2, 0.25) is 0 Å². The van der Waals surface area contributed by atoms with E-state index in [9.17, 15) is 0 Å². The van der Waals surface area contributed by atoms with Crippen molar-refractivity contribution in [1.82, 2.24) is 20.5 Å². The summed E-state index contributed by atoms with van der Waals surface area (Å²) in [5.41, 5.74) is 1.09. The molecule has 2 heterocycles. The topological polar surface area (TPSA) is 50.7 Å². The van der Waals surface area contributed by atoms with Gasteiger partial charge >= 0.3 is 0 Å². The summed E-state index contributed by atoms with van der Waals surface area (Å²) in [7, 11) is 0. The highest BCUT2D eigenvalue weighted by Gasteiger charge is 2.20. The van der Waals surface area contributed by atoms with Crippen molar-refractivity contribution in [3.05, 3.63) is 29.5 Å². The lowest BCUT2D eigenvalue weighted by molar-refractivity contribution is 0.679. The predicted molar refractivity (Wildman–Crippen MR) is 63.0 cm³/mol. The first-order chi connectivity index (χ1) is 7.92. The quantitative estimate of drug-likeness (QED) is 0.874. The van der Waals surface area contributed by atoms with Crippen LogP contribution in [0.5, 0.6) is 0 Å². The van der Waals surface area contributed by atoms with Gasteiger partial charge in [-0.05, 0) is 25.0 Å². The number of nitrogens with zero attached hydrogens (tertiary/aromatic N) is 3. The molecule has 2 aromatic rings. The van der Waals surface area contributed by atoms with Crippen molar-refractivity contribution in [2.24, 2.45) is 0 Å². The largest absolute Gasteiger partial charge is 0.308 e. The predicted octanol–water partition coefficient (Wildman–Crippen LogP) is 1.85. The van der Waals surface area contributed by atoms with Crippen molar-refractivity contribution < 1.29 is 0 Å². The maximum absolute atomic E-state index is 4.19. The van der Waals surface area contributed by atoms with Crippen molar-refractivity contribution >= 4 is 11.3 Å². The second-order valence-electron chi connectivity index (χ2n) is 3.89. The van der Waals surface area contributed by atoms with Crippen LogP contribution in [0.3, 0.4) is 0 Å². The lowest BCUT2D eigenvalue weighted by atomic mass is 10.3. The molecule has 3 rings (SSSR count). The van der Waals surface area contributed by atoms with Crippen LogP contribution >= 0.6 is 11.3 Å². The third-order valence-electron chi connectivity index (χ3n) is 2.51. The molecule has 0 aliphatic heterocycles. The fraction of sp³-hybridized carbons (Fsp3) is 0.364. The minimum atomic E-state index is 0.716. The van der Waals surface area contributed by atoms with Crippen LogP contribution in [0.4, 0.5) is 0 Å². The monoisotopic (exact) mass is 232 g/mol. The van der Waals surface area contributed by atoms with Gasteiger partial charge in [-0.2, -0.15) is 0 Å². The second kappa shape index (κ2) is 4.27. The third kappa shape index (κ3) is 2.25. The van der Waals surface area contributed by atoms with Crippen LogP contribution in [0.15, 0.2) is 24.5 Å². The summed E-state index contributed by atoms with van der Waals surface area (Å²) in [6.07, 6.45) is 6.16. The van der Waals surface area contributed by atoms with E-state index in [1.165, 1.54) is 12.8 Å². The van der Waals surface area contributed by atoms with Gasteiger partial charge in [0.25, 0.3) is 0 Å². The van der Waals surface area contributed by atoms with Crippen molar-refractivity contribution in [3.8, 4) is 10.6 Å². The lowest BCUT2D eigenvalue weighted by Crippen LogP contribution is -2.14. The Kier molecular flexibility index (Phi) is 2.63. The normalized spacial score (nSPS) is 15.2. The number of pyridine rings is 1. The standard InChI is InChI=1S/C11H12N4S/c1-2-9(1)13-7-10-14-15-11(16-10)8-3-5-12-6-4-8/h3-6,9,13H,1-2,7H2. The molecular formula is C11H12N4S. The average molecular weight is 232 g/mol. The van der Waals surface area contributed by atoms with Gasteiger partial charge in [0.15, 0.2) is 0 Å². The van der Waals surface area contributed by atoms with Crippen LogP contribution in [-0.2, 0) is 6.54 Å². The van der Waals surface area contributed by atoms with Gasteiger partial charge in [-0.25, -0.2) is 0 Å². The molecule has 16 heavy (non-hydrogen) atoms. The molecule has 0 radical (unpaired) electrons. The minimum Gasteiger partial charge on any atom is -0.308 e. The summed E-state index contributed by atoms with van der Waals surface area (Å²) in [6, 6.07) is 4.63.